The van der Waals surface area contributed by atoms with Crippen LogP contribution in [0.25, 0.3) is 22.9 Å². The summed E-state index contributed by atoms with van der Waals surface area (Å²) in [6, 6.07) is 16.5. The molecule has 12 nitrogen and oxygen atoms in total. The van der Waals surface area contributed by atoms with Crippen molar-refractivity contribution in [2.75, 3.05) is 7.11 Å². The number of nitriles is 1. The lowest BCUT2D eigenvalue weighted by Crippen LogP contribution is -2.12. The fraction of sp³-hybridized carbons (Fsp3) is 0.419. The molecule has 0 radical (unpaired) electrons. The molecule has 0 spiro atoms. The molecule has 224 valence electrons. The first-order valence-electron chi connectivity index (χ1n) is 14.5. The largest absolute Gasteiger partial charge is 0.508 e. The summed E-state index contributed by atoms with van der Waals surface area (Å²) in [6.45, 7) is 0. The number of methoxy groups -OCH3 is 1. The molecule has 4 fully saturated rings. The number of nitrogens with two attached hydrogens (primary N) is 1. The predicted molar refractivity (Wildman–Crippen MR) is 156 cm³/mol. The maximum Gasteiger partial charge on any atom is 0.257 e. The van der Waals surface area contributed by atoms with Gasteiger partial charge in [0, 0.05) is 34.8 Å². The van der Waals surface area contributed by atoms with E-state index in [0.29, 0.717) is 41.3 Å². The highest BCUT2D eigenvalue weighted by Gasteiger charge is 2.30. The molecule has 12 heteroatoms. The van der Waals surface area contributed by atoms with Crippen molar-refractivity contribution in [1.82, 2.24) is 20.3 Å². The van der Waals surface area contributed by atoms with Crippen molar-refractivity contribution in [3.63, 3.8) is 0 Å². The molecule has 8 rings (SSSR count). The van der Waals surface area contributed by atoms with Gasteiger partial charge in [-0.2, -0.15) is 15.2 Å². The smallest absolute Gasteiger partial charge is 0.257 e. The van der Waals surface area contributed by atoms with Crippen LogP contribution in [0.5, 0.6) is 11.5 Å². The quantitative estimate of drug-likeness (QED) is 0.104. The number of phenols is 1. The molecule has 4 aliphatic carbocycles. The van der Waals surface area contributed by atoms with Gasteiger partial charge < -0.3 is 29.8 Å². The van der Waals surface area contributed by atoms with Gasteiger partial charge in [0.2, 0.25) is 0 Å². The fourth-order valence-corrected chi connectivity index (χ4v) is 3.73. The lowest BCUT2D eigenvalue weighted by Gasteiger charge is -1.98. The number of hydrogen-bond acceptors (Lipinski definition) is 11. The second kappa shape index (κ2) is 13.8. The van der Waals surface area contributed by atoms with Crippen LogP contribution in [-0.2, 0) is 0 Å². The molecular formula is C31H35N7O5. The first-order valence-corrected chi connectivity index (χ1v) is 14.5. The molecule has 2 aromatic carbocycles. The van der Waals surface area contributed by atoms with Crippen molar-refractivity contribution in [2.24, 2.45) is 22.7 Å². The number of phenolic OH excluding ortho intramolecular Hbond substituents is 1. The van der Waals surface area contributed by atoms with E-state index in [4.69, 9.17) is 35.1 Å². The molecule has 0 bridgehead atoms. The zero-order valence-electron chi connectivity index (χ0n) is 24.0. The molecule has 2 heterocycles. The highest BCUT2D eigenvalue weighted by Crippen LogP contribution is 2.39. The first-order chi connectivity index (χ1) is 21.0. The number of nitrogens with zero attached hydrogens (tertiary/aromatic N) is 6. The fourth-order valence-electron chi connectivity index (χ4n) is 3.73. The number of aromatic nitrogens is 4. The van der Waals surface area contributed by atoms with Gasteiger partial charge >= 0.3 is 0 Å². The van der Waals surface area contributed by atoms with Gasteiger partial charge in [0.25, 0.3) is 11.8 Å². The SMILES string of the molecule is COc1ccc(-c2nc(C3CC3)no2)cc1.N#CC1CC1.N/C(=N\O)C1CC1.Oc1ccc(-c2nc(C3CC3)no2)cc1. The minimum Gasteiger partial charge on any atom is -0.508 e. The Morgan fingerprint density at radius 2 is 1.33 bits per heavy atom. The maximum atomic E-state index is 9.14. The summed E-state index contributed by atoms with van der Waals surface area (Å²) in [5.41, 5.74) is 6.95. The second-order valence-electron chi connectivity index (χ2n) is 10.9. The van der Waals surface area contributed by atoms with Crippen molar-refractivity contribution in [3.8, 4) is 40.5 Å². The topological polar surface area (TPSA) is 190 Å². The number of oxime groups is 1. The van der Waals surface area contributed by atoms with E-state index in [-0.39, 0.29) is 5.75 Å². The summed E-state index contributed by atoms with van der Waals surface area (Å²) < 4.78 is 15.5. The summed E-state index contributed by atoms with van der Waals surface area (Å²) in [7, 11) is 1.65. The molecule has 0 saturated heterocycles. The number of hydrogen-bond donors (Lipinski definition) is 3. The number of aromatic hydroxyl groups is 1. The third-order valence-corrected chi connectivity index (χ3v) is 7.09. The molecule has 0 atom stereocenters. The molecule has 0 unspecified atom stereocenters. The van der Waals surface area contributed by atoms with E-state index in [0.717, 1.165) is 67.1 Å². The Morgan fingerprint density at radius 3 is 1.65 bits per heavy atom. The predicted octanol–water partition coefficient (Wildman–Crippen LogP) is 6.00. The molecule has 4 saturated carbocycles. The average Bonchev–Trinajstić information content (AvgIpc) is 3.85. The first kappa shape index (κ1) is 29.6. The Morgan fingerprint density at radius 1 is 0.837 bits per heavy atom. The van der Waals surface area contributed by atoms with Gasteiger partial charge in [-0.25, -0.2) is 0 Å². The summed E-state index contributed by atoms with van der Waals surface area (Å²) in [5, 5.41) is 35.9. The van der Waals surface area contributed by atoms with Crippen LogP contribution in [0.4, 0.5) is 0 Å². The number of amidine groups is 1. The van der Waals surface area contributed by atoms with Crippen molar-refractivity contribution in [2.45, 2.75) is 63.2 Å². The van der Waals surface area contributed by atoms with E-state index in [2.05, 4.69) is 31.5 Å². The third-order valence-electron chi connectivity index (χ3n) is 7.09. The summed E-state index contributed by atoms with van der Waals surface area (Å²) in [5.74, 6) is 6.06. The molecule has 4 aromatic rings. The summed E-state index contributed by atoms with van der Waals surface area (Å²) in [4.78, 5) is 8.69. The normalized spacial score (nSPS) is 17.2. The third kappa shape index (κ3) is 9.03. The number of benzene rings is 2. The molecule has 0 aliphatic heterocycles. The van der Waals surface area contributed by atoms with Gasteiger partial charge in [-0.15, -0.1) is 0 Å². The highest BCUT2D eigenvalue weighted by atomic mass is 16.5. The Kier molecular flexibility index (Phi) is 9.51. The Labute approximate surface area is 249 Å². The van der Waals surface area contributed by atoms with Crippen molar-refractivity contribution in [3.05, 3.63) is 60.2 Å². The van der Waals surface area contributed by atoms with Gasteiger partial charge in [0.15, 0.2) is 11.6 Å². The minimum absolute atomic E-state index is 0.237. The van der Waals surface area contributed by atoms with E-state index in [9.17, 15) is 0 Å². The molecular weight excluding hydrogens is 550 g/mol. The van der Waals surface area contributed by atoms with Crippen molar-refractivity contribution >= 4 is 5.84 Å². The number of ether oxygens (including phenoxy) is 1. The number of rotatable bonds is 6. The van der Waals surface area contributed by atoms with Gasteiger partial charge in [0.1, 0.15) is 17.3 Å². The maximum absolute atomic E-state index is 9.14. The van der Waals surface area contributed by atoms with Crippen LogP contribution >= 0.6 is 0 Å². The molecule has 0 amide bonds. The summed E-state index contributed by atoms with van der Waals surface area (Å²) in [6.07, 6.45) is 9.17. The van der Waals surface area contributed by atoms with Gasteiger partial charge in [-0.3, -0.25) is 0 Å². The Bertz CT molecular complexity index is 1530. The Balaban J connectivity index is 0.000000125. The van der Waals surface area contributed by atoms with E-state index in [1.807, 2.05) is 24.3 Å². The monoisotopic (exact) mass is 585 g/mol. The standard InChI is InChI=1S/C12H12N2O2.C11H10N2O2.C4H8N2O.C4H5N/c1-15-10-6-4-9(5-7-10)12-13-11(14-16-12)8-2-3-8;14-9-5-3-8(4-6-9)11-12-10(13-15-11)7-1-2-7;5-4(6-7)3-1-2-3;5-3-4-1-2-4/h4-8H,2-3H2,1H3;3-7,14H,1-2H2;3,7H,1-2H2,(H2,5,6);4H,1-2H2. The zero-order chi connectivity index (χ0) is 30.2. The van der Waals surface area contributed by atoms with Crippen LogP contribution in [0.2, 0.25) is 0 Å². The van der Waals surface area contributed by atoms with Gasteiger partial charge in [-0.1, -0.05) is 15.5 Å². The van der Waals surface area contributed by atoms with Crippen LogP contribution in [0.15, 0.2) is 62.7 Å². The average molecular weight is 586 g/mol. The molecule has 2 aromatic heterocycles. The van der Waals surface area contributed by atoms with Crippen molar-refractivity contribution < 1.29 is 24.1 Å². The van der Waals surface area contributed by atoms with Crippen LogP contribution in [-0.4, -0.2) is 43.5 Å². The van der Waals surface area contributed by atoms with Crippen LogP contribution in [0.3, 0.4) is 0 Å². The van der Waals surface area contributed by atoms with E-state index in [1.165, 1.54) is 12.8 Å². The van der Waals surface area contributed by atoms with Crippen LogP contribution in [0.1, 0.15) is 74.9 Å². The van der Waals surface area contributed by atoms with E-state index < -0.39 is 0 Å². The minimum atomic E-state index is 0.237. The van der Waals surface area contributed by atoms with Crippen LogP contribution in [0, 0.1) is 23.2 Å². The zero-order valence-corrected chi connectivity index (χ0v) is 24.0. The summed E-state index contributed by atoms with van der Waals surface area (Å²) >= 11 is 0. The van der Waals surface area contributed by atoms with Gasteiger partial charge in [-0.05, 0) is 99.9 Å². The van der Waals surface area contributed by atoms with Crippen LogP contribution < -0.4 is 10.5 Å². The lowest BCUT2D eigenvalue weighted by molar-refractivity contribution is 0.316. The van der Waals surface area contributed by atoms with E-state index >= 15 is 0 Å². The molecule has 43 heavy (non-hydrogen) atoms. The van der Waals surface area contributed by atoms with E-state index in [1.54, 1.807) is 31.4 Å². The second-order valence-corrected chi connectivity index (χ2v) is 10.9. The Hall–Kier alpha value is -4.92. The lowest BCUT2D eigenvalue weighted by atomic mass is 10.2. The molecule has 4 N–H and O–H groups in total. The van der Waals surface area contributed by atoms with Gasteiger partial charge in [0.05, 0.1) is 13.2 Å². The molecule has 4 aliphatic rings. The highest BCUT2D eigenvalue weighted by molar-refractivity contribution is 5.84. The van der Waals surface area contributed by atoms with Crippen molar-refractivity contribution in [1.29, 1.82) is 5.26 Å².